The summed E-state index contributed by atoms with van der Waals surface area (Å²) in [6.07, 6.45) is 1.76. The Kier molecular flexibility index (Phi) is 4.83. The molecule has 0 radical (unpaired) electrons. The normalized spacial score (nSPS) is 10.8. The number of nitrogens with zero attached hydrogens (tertiary/aromatic N) is 3. The minimum absolute atomic E-state index is 0.672. The first-order chi connectivity index (χ1) is 7.00. The topological polar surface area (TPSA) is 19.4 Å². The highest BCUT2D eigenvalue weighted by Gasteiger charge is 2.07. The second kappa shape index (κ2) is 5.68. The van der Waals surface area contributed by atoms with Crippen molar-refractivity contribution in [2.45, 2.75) is 0 Å². The van der Waals surface area contributed by atoms with Crippen molar-refractivity contribution in [1.82, 2.24) is 9.88 Å². The molecule has 0 aromatic carbocycles. The lowest BCUT2D eigenvalue weighted by molar-refractivity contribution is 0.416. The molecule has 0 saturated heterocycles. The molecule has 0 N–H and O–H groups in total. The number of pyridine rings is 1. The Balaban J connectivity index is 2.69. The van der Waals surface area contributed by atoms with Crippen molar-refractivity contribution >= 4 is 33.3 Å². The number of likely N-dealkylation sites (N-methyl/N-ethyl adjacent to an activating group) is 2. The Morgan fingerprint density at radius 3 is 2.53 bits per heavy atom. The van der Waals surface area contributed by atoms with Gasteiger partial charge in [0.25, 0.3) is 0 Å². The highest BCUT2D eigenvalue weighted by atomic mass is 79.9. The molecule has 0 amide bonds. The average molecular weight is 293 g/mol. The van der Waals surface area contributed by atoms with Gasteiger partial charge in [0.2, 0.25) is 0 Å². The molecule has 5 heteroatoms. The van der Waals surface area contributed by atoms with E-state index in [1.165, 1.54) is 0 Å². The molecule has 0 saturated carbocycles. The molecule has 0 unspecified atom stereocenters. The summed E-state index contributed by atoms with van der Waals surface area (Å²) >= 11 is 9.43. The van der Waals surface area contributed by atoms with Crippen LogP contribution in [0.4, 0.5) is 5.82 Å². The lowest BCUT2D eigenvalue weighted by Gasteiger charge is -2.21. The zero-order chi connectivity index (χ0) is 11.4. The van der Waals surface area contributed by atoms with Crippen LogP contribution < -0.4 is 4.90 Å². The van der Waals surface area contributed by atoms with Gasteiger partial charge in [-0.1, -0.05) is 11.6 Å². The lowest BCUT2D eigenvalue weighted by Crippen LogP contribution is -2.29. The second-order valence-electron chi connectivity index (χ2n) is 3.68. The maximum Gasteiger partial charge on any atom is 0.147 e. The third-order valence-corrected chi connectivity index (χ3v) is 2.74. The number of hydrogen-bond donors (Lipinski definition) is 0. The van der Waals surface area contributed by atoms with E-state index in [1.54, 1.807) is 6.20 Å². The van der Waals surface area contributed by atoms with Gasteiger partial charge in [0.05, 0.1) is 5.02 Å². The van der Waals surface area contributed by atoms with Crippen molar-refractivity contribution in [2.75, 3.05) is 39.1 Å². The molecule has 3 nitrogen and oxygen atoms in total. The van der Waals surface area contributed by atoms with Gasteiger partial charge < -0.3 is 9.80 Å². The molecule has 1 rings (SSSR count). The fourth-order valence-electron chi connectivity index (χ4n) is 1.14. The standard InChI is InChI=1S/C10H15BrClN3/c1-14(2)4-5-15(3)10-9(12)6-8(11)7-13-10/h6-7H,4-5H2,1-3H3. The zero-order valence-electron chi connectivity index (χ0n) is 9.17. The number of halogens is 2. The van der Waals surface area contributed by atoms with Gasteiger partial charge in [-0.15, -0.1) is 0 Å². The zero-order valence-corrected chi connectivity index (χ0v) is 11.5. The Labute approximate surface area is 104 Å². The van der Waals surface area contributed by atoms with Crippen molar-refractivity contribution in [1.29, 1.82) is 0 Å². The maximum absolute atomic E-state index is 6.09. The van der Waals surface area contributed by atoms with Gasteiger partial charge in [0.15, 0.2) is 0 Å². The van der Waals surface area contributed by atoms with Crippen LogP contribution in [0.25, 0.3) is 0 Å². The minimum Gasteiger partial charge on any atom is -0.357 e. The van der Waals surface area contributed by atoms with E-state index in [4.69, 9.17) is 11.6 Å². The lowest BCUT2D eigenvalue weighted by atomic mass is 10.4. The molecule has 1 aromatic heterocycles. The summed E-state index contributed by atoms with van der Waals surface area (Å²) in [6, 6.07) is 1.86. The highest BCUT2D eigenvalue weighted by Crippen LogP contribution is 2.25. The molecule has 0 aliphatic carbocycles. The molecule has 1 aromatic rings. The van der Waals surface area contributed by atoms with Crippen LogP contribution in [0.1, 0.15) is 0 Å². The smallest absolute Gasteiger partial charge is 0.147 e. The summed E-state index contributed by atoms with van der Waals surface area (Å²) in [5.41, 5.74) is 0. The molecule has 15 heavy (non-hydrogen) atoms. The molecule has 0 bridgehead atoms. The molecule has 1 heterocycles. The highest BCUT2D eigenvalue weighted by molar-refractivity contribution is 9.10. The van der Waals surface area contributed by atoms with E-state index < -0.39 is 0 Å². The van der Waals surface area contributed by atoms with Crippen LogP contribution in [-0.2, 0) is 0 Å². The van der Waals surface area contributed by atoms with Gasteiger partial charge in [-0.05, 0) is 36.1 Å². The third-order valence-electron chi connectivity index (χ3n) is 2.03. The molecular formula is C10H15BrClN3. The molecule has 0 aliphatic rings. The first kappa shape index (κ1) is 12.7. The quantitative estimate of drug-likeness (QED) is 0.850. The fourth-order valence-corrected chi connectivity index (χ4v) is 1.92. The number of aromatic nitrogens is 1. The molecule has 0 aliphatic heterocycles. The Morgan fingerprint density at radius 2 is 2.00 bits per heavy atom. The Morgan fingerprint density at radius 1 is 1.33 bits per heavy atom. The summed E-state index contributed by atoms with van der Waals surface area (Å²) in [6.45, 7) is 1.88. The predicted molar refractivity (Wildman–Crippen MR) is 68.8 cm³/mol. The second-order valence-corrected chi connectivity index (χ2v) is 5.01. The average Bonchev–Trinajstić information content (AvgIpc) is 2.14. The van der Waals surface area contributed by atoms with Gasteiger partial charge in [0, 0.05) is 30.8 Å². The SMILES string of the molecule is CN(C)CCN(C)c1ncc(Br)cc1Cl. The predicted octanol–water partition coefficient (Wildman–Crippen LogP) is 2.50. The number of anilines is 1. The number of hydrogen-bond acceptors (Lipinski definition) is 3. The third kappa shape index (κ3) is 3.97. The van der Waals surface area contributed by atoms with Crippen molar-refractivity contribution in [3.05, 3.63) is 21.8 Å². The van der Waals surface area contributed by atoms with Crippen LogP contribution in [0.15, 0.2) is 16.7 Å². The first-order valence-corrected chi connectivity index (χ1v) is 5.84. The van der Waals surface area contributed by atoms with Gasteiger partial charge in [-0.25, -0.2) is 4.98 Å². The maximum atomic E-state index is 6.09. The van der Waals surface area contributed by atoms with Gasteiger partial charge in [-0.3, -0.25) is 0 Å². The van der Waals surface area contributed by atoms with Crippen molar-refractivity contribution in [2.24, 2.45) is 0 Å². The van der Waals surface area contributed by atoms with Crippen LogP contribution in [0.3, 0.4) is 0 Å². The van der Waals surface area contributed by atoms with Crippen LogP contribution in [0, 0.1) is 0 Å². The Hall–Kier alpha value is -0.320. The first-order valence-electron chi connectivity index (χ1n) is 4.67. The monoisotopic (exact) mass is 291 g/mol. The van der Waals surface area contributed by atoms with Crippen molar-refractivity contribution < 1.29 is 0 Å². The Bertz CT molecular complexity index is 330. The van der Waals surface area contributed by atoms with Crippen molar-refractivity contribution in [3.63, 3.8) is 0 Å². The largest absolute Gasteiger partial charge is 0.357 e. The van der Waals surface area contributed by atoms with Crippen LogP contribution >= 0.6 is 27.5 Å². The van der Waals surface area contributed by atoms with E-state index in [9.17, 15) is 0 Å². The van der Waals surface area contributed by atoms with Crippen molar-refractivity contribution in [3.8, 4) is 0 Å². The van der Waals surface area contributed by atoms with E-state index >= 15 is 0 Å². The number of rotatable bonds is 4. The van der Waals surface area contributed by atoms with Gasteiger partial charge >= 0.3 is 0 Å². The summed E-state index contributed by atoms with van der Waals surface area (Å²) in [5, 5.41) is 0.672. The fraction of sp³-hybridized carbons (Fsp3) is 0.500. The van der Waals surface area contributed by atoms with Crippen LogP contribution in [0.5, 0.6) is 0 Å². The van der Waals surface area contributed by atoms with E-state index in [1.807, 2.05) is 27.2 Å². The van der Waals surface area contributed by atoms with E-state index in [0.29, 0.717) is 5.02 Å². The molecule has 0 spiro atoms. The van der Waals surface area contributed by atoms with E-state index in [-0.39, 0.29) is 0 Å². The summed E-state index contributed by atoms with van der Waals surface area (Å²) in [4.78, 5) is 8.46. The summed E-state index contributed by atoms with van der Waals surface area (Å²) in [7, 11) is 6.08. The summed E-state index contributed by atoms with van der Waals surface area (Å²) < 4.78 is 0.900. The molecule has 0 fully saturated rings. The van der Waals surface area contributed by atoms with Gasteiger partial charge in [0.1, 0.15) is 5.82 Å². The van der Waals surface area contributed by atoms with E-state index in [0.717, 1.165) is 23.4 Å². The van der Waals surface area contributed by atoms with E-state index in [2.05, 4.69) is 30.7 Å². The van der Waals surface area contributed by atoms with Crippen LogP contribution in [0.2, 0.25) is 5.02 Å². The molecule has 84 valence electrons. The van der Waals surface area contributed by atoms with Gasteiger partial charge in [-0.2, -0.15) is 0 Å². The summed E-state index contributed by atoms with van der Waals surface area (Å²) in [5.74, 6) is 0.821. The minimum atomic E-state index is 0.672. The van der Waals surface area contributed by atoms with Crippen LogP contribution in [-0.4, -0.2) is 44.1 Å². The molecule has 0 atom stereocenters. The molecular weight excluding hydrogens is 277 g/mol.